The lowest BCUT2D eigenvalue weighted by Gasteiger charge is -2.23. The second kappa shape index (κ2) is 8.70. The summed E-state index contributed by atoms with van der Waals surface area (Å²) in [5, 5.41) is 6.21. The Balaban J connectivity index is 1.77. The van der Waals surface area contributed by atoms with E-state index < -0.39 is 0 Å². The number of morpholine rings is 1. The first-order valence-corrected chi connectivity index (χ1v) is 8.00. The zero-order chi connectivity index (χ0) is 15.8. The van der Waals surface area contributed by atoms with Gasteiger partial charge in [-0.2, -0.15) is 0 Å². The van der Waals surface area contributed by atoms with Crippen molar-refractivity contribution < 1.29 is 9.53 Å². The van der Waals surface area contributed by atoms with Crippen LogP contribution in [-0.2, 0) is 16.1 Å². The number of ether oxygens (including phenoxy) is 1. The van der Waals surface area contributed by atoms with Crippen molar-refractivity contribution in [3.63, 3.8) is 0 Å². The number of hydrogen-bond donors (Lipinski definition) is 2. The number of pyridine rings is 1. The van der Waals surface area contributed by atoms with E-state index in [0.717, 1.165) is 37.6 Å². The van der Waals surface area contributed by atoms with Crippen LogP contribution in [0.2, 0.25) is 0 Å². The first-order chi connectivity index (χ1) is 10.7. The number of carbonyl (C=O) groups excluding carboxylic acids is 1. The molecule has 0 aliphatic carbocycles. The molecular formula is C16H26N4O2. The smallest absolute Gasteiger partial charge is 0.221 e. The van der Waals surface area contributed by atoms with Crippen molar-refractivity contribution in [3.05, 3.63) is 23.9 Å². The van der Waals surface area contributed by atoms with Crippen molar-refractivity contribution in [1.29, 1.82) is 0 Å². The Morgan fingerprint density at radius 1 is 1.45 bits per heavy atom. The van der Waals surface area contributed by atoms with E-state index in [1.54, 1.807) is 0 Å². The van der Waals surface area contributed by atoms with E-state index in [2.05, 4.69) is 34.4 Å². The summed E-state index contributed by atoms with van der Waals surface area (Å²) in [4.78, 5) is 18.6. The van der Waals surface area contributed by atoms with Crippen molar-refractivity contribution in [2.75, 3.05) is 37.7 Å². The minimum atomic E-state index is 0.0378. The van der Waals surface area contributed by atoms with Crippen molar-refractivity contribution in [3.8, 4) is 0 Å². The van der Waals surface area contributed by atoms with Crippen LogP contribution < -0.4 is 15.5 Å². The third-order valence-corrected chi connectivity index (χ3v) is 3.82. The molecule has 22 heavy (non-hydrogen) atoms. The Bertz CT molecular complexity index is 454. The normalized spacial score (nSPS) is 18.0. The van der Waals surface area contributed by atoms with Gasteiger partial charge in [0, 0.05) is 44.8 Å². The van der Waals surface area contributed by atoms with E-state index in [-0.39, 0.29) is 11.9 Å². The van der Waals surface area contributed by atoms with Crippen LogP contribution in [-0.4, -0.2) is 49.8 Å². The second-order valence-electron chi connectivity index (χ2n) is 5.40. The lowest BCUT2D eigenvalue weighted by molar-refractivity contribution is -0.122. The van der Waals surface area contributed by atoms with Gasteiger partial charge >= 0.3 is 0 Å². The average Bonchev–Trinajstić information content (AvgIpc) is 2.56. The Morgan fingerprint density at radius 2 is 2.27 bits per heavy atom. The molecule has 0 spiro atoms. The van der Waals surface area contributed by atoms with Crippen LogP contribution in [0.1, 0.15) is 25.8 Å². The molecule has 1 aromatic heterocycles. The summed E-state index contributed by atoms with van der Waals surface area (Å²) in [5.41, 5.74) is 1.01. The van der Waals surface area contributed by atoms with Gasteiger partial charge < -0.3 is 20.3 Å². The molecule has 2 heterocycles. The largest absolute Gasteiger partial charge is 0.378 e. The van der Waals surface area contributed by atoms with Gasteiger partial charge in [-0.1, -0.05) is 6.07 Å². The zero-order valence-corrected chi connectivity index (χ0v) is 13.5. The summed E-state index contributed by atoms with van der Waals surface area (Å²) >= 11 is 0. The lowest BCUT2D eigenvalue weighted by atomic mass is 10.2. The highest BCUT2D eigenvalue weighted by atomic mass is 16.5. The predicted molar refractivity (Wildman–Crippen MR) is 86.9 cm³/mol. The van der Waals surface area contributed by atoms with Crippen molar-refractivity contribution in [2.24, 2.45) is 0 Å². The van der Waals surface area contributed by atoms with E-state index in [1.807, 2.05) is 18.3 Å². The van der Waals surface area contributed by atoms with Gasteiger partial charge in [-0.05, 0) is 25.5 Å². The topological polar surface area (TPSA) is 66.5 Å². The Labute approximate surface area is 132 Å². The van der Waals surface area contributed by atoms with Crippen LogP contribution in [0.5, 0.6) is 0 Å². The number of rotatable bonds is 7. The van der Waals surface area contributed by atoms with Crippen LogP contribution in [0.3, 0.4) is 0 Å². The Morgan fingerprint density at radius 3 is 2.86 bits per heavy atom. The monoisotopic (exact) mass is 306 g/mol. The van der Waals surface area contributed by atoms with E-state index in [1.165, 1.54) is 0 Å². The molecule has 0 aromatic carbocycles. The third-order valence-electron chi connectivity index (χ3n) is 3.82. The molecule has 0 radical (unpaired) electrons. The number of nitrogens with one attached hydrogen (secondary N) is 2. The first kappa shape index (κ1) is 16.7. The maximum atomic E-state index is 11.9. The highest BCUT2D eigenvalue weighted by molar-refractivity contribution is 5.76. The Kier molecular flexibility index (Phi) is 6.61. The molecule has 2 rings (SSSR count). The minimum absolute atomic E-state index is 0.0378. The van der Waals surface area contributed by atoms with Gasteiger partial charge in [0.15, 0.2) is 0 Å². The summed E-state index contributed by atoms with van der Waals surface area (Å²) in [6.45, 7) is 8.76. The first-order valence-electron chi connectivity index (χ1n) is 8.00. The van der Waals surface area contributed by atoms with E-state index in [9.17, 15) is 4.79 Å². The molecule has 122 valence electrons. The van der Waals surface area contributed by atoms with Gasteiger partial charge in [0.2, 0.25) is 5.91 Å². The fourth-order valence-corrected chi connectivity index (χ4v) is 2.50. The molecule has 1 aliphatic heterocycles. The summed E-state index contributed by atoms with van der Waals surface area (Å²) in [7, 11) is 0. The molecule has 1 aromatic rings. The molecule has 1 atom stereocenters. The van der Waals surface area contributed by atoms with Crippen LogP contribution in [0.15, 0.2) is 18.3 Å². The predicted octanol–water partition coefficient (Wildman–Crippen LogP) is 0.923. The summed E-state index contributed by atoms with van der Waals surface area (Å²) < 4.78 is 5.35. The van der Waals surface area contributed by atoms with E-state index >= 15 is 0 Å². The molecule has 6 nitrogen and oxygen atoms in total. The van der Waals surface area contributed by atoms with Crippen molar-refractivity contribution in [2.45, 2.75) is 32.9 Å². The third kappa shape index (κ3) is 4.96. The standard InChI is InChI=1S/C16H26N4O2/c1-3-20(4-2)15-6-5-13(10-18-15)11-19-16(21)9-14-12-22-8-7-17-14/h5-6,10,14,17H,3-4,7-9,11-12H2,1-2H3,(H,19,21). The minimum Gasteiger partial charge on any atom is -0.378 e. The quantitative estimate of drug-likeness (QED) is 0.784. The molecule has 1 fully saturated rings. The van der Waals surface area contributed by atoms with Gasteiger partial charge in [-0.3, -0.25) is 4.79 Å². The van der Waals surface area contributed by atoms with Crippen LogP contribution in [0.4, 0.5) is 5.82 Å². The molecule has 2 N–H and O–H groups in total. The van der Waals surface area contributed by atoms with Crippen LogP contribution >= 0.6 is 0 Å². The lowest BCUT2D eigenvalue weighted by Crippen LogP contribution is -2.44. The number of aromatic nitrogens is 1. The van der Waals surface area contributed by atoms with Gasteiger partial charge in [0.25, 0.3) is 0 Å². The average molecular weight is 306 g/mol. The van der Waals surface area contributed by atoms with Crippen molar-refractivity contribution in [1.82, 2.24) is 15.6 Å². The fourth-order valence-electron chi connectivity index (χ4n) is 2.50. The number of amides is 1. The summed E-state index contributed by atoms with van der Waals surface area (Å²) in [6, 6.07) is 4.14. The van der Waals surface area contributed by atoms with Gasteiger partial charge in [-0.25, -0.2) is 4.98 Å². The molecule has 6 heteroatoms. The summed E-state index contributed by atoms with van der Waals surface area (Å²) in [6.07, 6.45) is 2.28. The molecule has 0 bridgehead atoms. The molecule has 1 aliphatic rings. The highest BCUT2D eigenvalue weighted by Gasteiger charge is 2.16. The molecule has 1 unspecified atom stereocenters. The molecule has 0 saturated carbocycles. The summed E-state index contributed by atoms with van der Waals surface area (Å²) in [5.74, 6) is 1.01. The van der Waals surface area contributed by atoms with E-state index in [0.29, 0.717) is 19.6 Å². The van der Waals surface area contributed by atoms with Gasteiger partial charge in [0.05, 0.1) is 13.2 Å². The number of carbonyl (C=O) groups is 1. The van der Waals surface area contributed by atoms with Crippen LogP contribution in [0, 0.1) is 0 Å². The van der Waals surface area contributed by atoms with Crippen LogP contribution in [0.25, 0.3) is 0 Å². The second-order valence-corrected chi connectivity index (χ2v) is 5.40. The van der Waals surface area contributed by atoms with E-state index in [4.69, 9.17) is 4.74 Å². The number of nitrogens with zero attached hydrogens (tertiary/aromatic N) is 2. The van der Waals surface area contributed by atoms with Gasteiger partial charge in [0.1, 0.15) is 5.82 Å². The number of anilines is 1. The highest BCUT2D eigenvalue weighted by Crippen LogP contribution is 2.10. The van der Waals surface area contributed by atoms with Gasteiger partial charge in [-0.15, -0.1) is 0 Å². The van der Waals surface area contributed by atoms with Crippen molar-refractivity contribution >= 4 is 11.7 Å². The maximum absolute atomic E-state index is 11.9. The molecule has 1 amide bonds. The zero-order valence-electron chi connectivity index (χ0n) is 13.5. The Hall–Kier alpha value is -1.66. The molecule has 1 saturated heterocycles. The number of hydrogen-bond acceptors (Lipinski definition) is 5. The fraction of sp³-hybridized carbons (Fsp3) is 0.625. The molecular weight excluding hydrogens is 280 g/mol. The SMILES string of the molecule is CCN(CC)c1ccc(CNC(=O)CC2COCCN2)cn1. The maximum Gasteiger partial charge on any atom is 0.221 e.